The fourth-order valence-electron chi connectivity index (χ4n) is 2.31. The van der Waals surface area contributed by atoms with Gasteiger partial charge in [-0.3, -0.25) is 0 Å². The molecule has 0 N–H and O–H groups in total. The van der Waals surface area contributed by atoms with E-state index in [1.54, 1.807) is 11.8 Å². The van der Waals surface area contributed by atoms with Crippen molar-refractivity contribution in [1.29, 1.82) is 0 Å². The lowest BCUT2D eigenvalue weighted by molar-refractivity contribution is 0.631. The van der Waals surface area contributed by atoms with Crippen LogP contribution in [0.2, 0.25) is 10.0 Å². The van der Waals surface area contributed by atoms with Crippen molar-refractivity contribution in [2.75, 3.05) is 5.75 Å². The highest BCUT2D eigenvalue weighted by Crippen LogP contribution is 2.38. The number of halogens is 2. The molecule has 5 heteroatoms. The van der Waals surface area contributed by atoms with Gasteiger partial charge in [0.25, 0.3) is 0 Å². The quantitative estimate of drug-likeness (QED) is 0.471. The van der Waals surface area contributed by atoms with E-state index in [0.29, 0.717) is 10.0 Å². The van der Waals surface area contributed by atoms with Crippen LogP contribution in [0.5, 0.6) is 0 Å². The molecule has 0 amide bonds. The lowest BCUT2D eigenvalue weighted by atomic mass is 10.1. The Kier molecular flexibility index (Phi) is 4.79. The molecule has 3 rings (SSSR count). The van der Waals surface area contributed by atoms with Crippen LogP contribution in [-0.4, -0.2) is 9.95 Å². The number of hydrogen-bond acceptors (Lipinski definition) is 3. The second kappa shape index (κ2) is 6.63. The molecule has 0 unspecified atom stereocenters. The number of thiocarbonyl (C=S) groups is 1. The molecule has 0 spiro atoms. The van der Waals surface area contributed by atoms with Gasteiger partial charge in [-0.1, -0.05) is 54.5 Å². The summed E-state index contributed by atoms with van der Waals surface area (Å²) in [5, 5.41) is 2.26. The predicted octanol–water partition coefficient (Wildman–Crippen LogP) is 6.84. The number of thioether (sulfide) groups is 1. The van der Waals surface area contributed by atoms with E-state index in [-0.39, 0.29) is 0 Å². The van der Waals surface area contributed by atoms with Gasteiger partial charge in [0.1, 0.15) is 11.3 Å². The summed E-state index contributed by atoms with van der Waals surface area (Å²) in [7, 11) is 0. The van der Waals surface area contributed by atoms with Crippen molar-refractivity contribution in [1.82, 2.24) is 0 Å². The largest absolute Gasteiger partial charge is 0.455 e. The van der Waals surface area contributed by atoms with Crippen molar-refractivity contribution in [2.24, 2.45) is 0 Å². The minimum atomic E-state index is 0.663. The Balaban J connectivity index is 2.29. The first-order chi connectivity index (χ1) is 10.6. The van der Waals surface area contributed by atoms with Crippen LogP contribution in [0.15, 0.2) is 46.9 Å². The number of benzene rings is 2. The molecule has 22 heavy (non-hydrogen) atoms. The third kappa shape index (κ3) is 3.04. The number of rotatable bonds is 3. The number of hydrogen-bond donors (Lipinski definition) is 0. The van der Waals surface area contributed by atoms with Crippen LogP contribution in [0.3, 0.4) is 0 Å². The average molecular weight is 367 g/mol. The van der Waals surface area contributed by atoms with Crippen molar-refractivity contribution >= 4 is 62.3 Å². The van der Waals surface area contributed by atoms with Gasteiger partial charge < -0.3 is 4.42 Å². The second-order valence-electron chi connectivity index (χ2n) is 4.68. The van der Waals surface area contributed by atoms with Crippen LogP contribution < -0.4 is 0 Å². The van der Waals surface area contributed by atoms with E-state index in [4.69, 9.17) is 39.8 Å². The minimum absolute atomic E-state index is 0.663. The highest BCUT2D eigenvalue weighted by atomic mass is 35.5. The highest BCUT2D eigenvalue weighted by Gasteiger charge is 2.20. The summed E-state index contributed by atoms with van der Waals surface area (Å²) in [6.07, 6.45) is 0. The van der Waals surface area contributed by atoms with E-state index in [1.165, 1.54) is 0 Å². The summed E-state index contributed by atoms with van der Waals surface area (Å²) in [6.45, 7) is 2.07. The molecule has 0 fully saturated rings. The Morgan fingerprint density at radius 1 is 1.14 bits per heavy atom. The van der Waals surface area contributed by atoms with Crippen LogP contribution in [-0.2, 0) is 0 Å². The molecular weight excluding hydrogens is 355 g/mol. The number of fused-ring (bicyclic) bond motifs is 1. The monoisotopic (exact) mass is 366 g/mol. The van der Waals surface area contributed by atoms with Gasteiger partial charge in [0.05, 0.1) is 9.76 Å². The molecule has 3 aromatic rings. The molecule has 0 aliphatic heterocycles. The summed E-state index contributed by atoms with van der Waals surface area (Å²) in [4.78, 5) is 0. The van der Waals surface area contributed by atoms with Crippen LogP contribution >= 0.6 is 47.2 Å². The summed E-state index contributed by atoms with van der Waals surface area (Å²) in [6, 6.07) is 13.2. The molecule has 1 nitrogen and oxygen atoms in total. The van der Waals surface area contributed by atoms with E-state index in [9.17, 15) is 0 Å². The molecule has 1 heterocycles. The highest BCUT2D eigenvalue weighted by molar-refractivity contribution is 8.23. The van der Waals surface area contributed by atoms with Gasteiger partial charge in [-0.2, -0.15) is 0 Å². The maximum absolute atomic E-state index is 6.14. The van der Waals surface area contributed by atoms with Gasteiger partial charge >= 0.3 is 0 Å². The first-order valence-corrected chi connectivity index (χ1v) is 8.90. The molecule has 0 saturated heterocycles. The normalized spacial score (nSPS) is 11.0. The first-order valence-electron chi connectivity index (χ1n) is 6.75. The Hall–Kier alpha value is -1.00. The lowest BCUT2D eigenvalue weighted by Crippen LogP contribution is -1.94. The fourth-order valence-corrected chi connectivity index (χ4v) is 3.84. The summed E-state index contributed by atoms with van der Waals surface area (Å²) in [5.41, 5.74) is 2.60. The minimum Gasteiger partial charge on any atom is -0.455 e. The molecule has 0 saturated carbocycles. The van der Waals surface area contributed by atoms with E-state index in [1.807, 2.05) is 42.5 Å². The van der Waals surface area contributed by atoms with Crippen molar-refractivity contribution in [3.8, 4) is 11.3 Å². The summed E-state index contributed by atoms with van der Waals surface area (Å²) >= 11 is 19.5. The van der Waals surface area contributed by atoms with Gasteiger partial charge in [0.15, 0.2) is 0 Å². The van der Waals surface area contributed by atoms with Gasteiger partial charge in [0, 0.05) is 21.0 Å². The number of furan rings is 1. The smallest absolute Gasteiger partial charge is 0.144 e. The third-order valence-corrected chi connectivity index (χ3v) is 5.00. The Morgan fingerprint density at radius 3 is 2.64 bits per heavy atom. The summed E-state index contributed by atoms with van der Waals surface area (Å²) in [5.74, 6) is 1.65. The zero-order chi connectivity index (χ0) is 15.7. The first kappa shape index (κ1) is 15.9. The van der Waals surface area contributed by atoms with Crippen molar-refractivity contribution in [2.45, 2.75) is 6.92 Å². The maximum atomic E-state index is 6.14. The molecule has 2 aromatic carbocycles. The van der Waals surface area contributed by atoms with Crippen LogP contribution in [0.1, 0.15) is 12.5 Å². The standard InChI is InChI=1S/C17H12Cl2OS2/c1-2-22-17(21)15-13-9-12(19)6-7-14(13)20-16(15)10-4-3-5-11(18)8-10/h3-9H,2H2,1H3. The second-order valence-corrected chi connectivity index (χ2v) is 7.49. The van der Waals surface area contributed by atoms with Gasteiger partial charge in [0.2, 0.25) is 0 Å². The zero-order valence-corrected chi connectivity index (χ0v) is 14.9. The maximum Gasteiger partial charge on any atom is 0.144 e. The Morgan fingerprint density at radius 2 is 1.91 bits per heavy atom. The lowest BCUT2D eigenvalue weighted by Gasteiger charge is -2.04. The Labute approximate surface area is 148 Å². The Bertz CT molecular complexity index is 855. The molecule has 0 bridgehead atoms. The van der Waals surface area contributed by atoms with E-state index < -0.39 is 0 Å². The van der Waals surface area contributed by atoms with Gasteiger partial charge in [-0.25, -0.2) is 0 Å². The third-order valence-electron chi connectivity index (χ3n) is 3.22. The van der Waals surface area contributed by atoms with Crippen molar-refractivity contribution in [3.05, 3.63) is 58.1 Å². The van der Waals surface area contributed by atoms with Gasteiger partial charge in [-0.05, 0) is 36.1 Å². The van der Waals surface area contributed by atoms with E-state index >= 15 is 0 Å². The van der Waals surface area contributed by atoms with Crippen molar-refractivity contribution in [3.63, 3.8) is 0 Å². The topological polar surface area (TPSA) is 13.1 Å². The van der Waals surface area contributed by atoms with Crippen molar-refractivity contribution < 1.29 is 4.42 Å². The molecule has 1 aromatic heterocycles. The van der Waals surface area contributed by atoms with E-state index in [0.717, 1.165) is 37.8 Å². The van der Waals surface area contributed by atoms with Crippen LogP contribution in [0, 0.1) is 0 Å². The van der Waals surface area contributed by atoms with Crippen LogP contribution in [0.25, 0.3) is 22.3 Å². The van der Waals surface area contributed by atoms with E-state index in [2.05, 4.69) is 6.92 Å². The zero-order valence-electron chi connectivity index (χ0n) is 11.7. The molecule has 0 aliphatic carbocycles. The fraction of sp³-hybridized carbons (Fsp3) is 0.118. The predicted molar refractivity (Wildman–Crippen MR) is 102 cm³/mol. The molecule has 0 aliphatic rings. The molecule has 112 valence electrons. The molecule has 0 atom stereocenters. The molecule has 0 radical (unpaired) electrons. The molecular formula is C17H12Cl2OS2. The van der Waals surface area contributed by atoms with Gasteiger partial charge in [-0.15, -0.1) is 11.8 Å². The average Bonchev–Trinajstić information content (AvgIpc) is 2.86. The SMILES string of the molecule is CCSC(=S)c1c(-c2cccc(Cl)c2)oc2ccc(Cl)cc12. The summed E-state index contributed by atoms with van der Waals surface area (Å²) < 4.78 is 6.85. The van der Waals surface area contributed by atoms with Crippen LogP contribution in [0.4, 0.5) is 0 Å².